The Bertz CT molecular complexity index is 578. The van der Waals surface area contributed by atoms with E-state index in [4.69, 9.17) is 9.47 Å². The topological polar surface area (TPSA) is 35.5 Å². The Kier molecular flexibility index (Phi) is 3.98. The van der Waals surface area contributed by atoms with Crippen LogP contribution in [0.2, 0.25) is 0 Å². The standard InChI is InChI=1S/C15H15F3O3/c1-3-14(15(16,17)18)11(13(19)20-4-2)9-10-7-5-6-8-12(10)21-14/h5-9H,3-4H2,1-2H3. The number of hydrogen-bond acceptors (Lipinski definition) is 3. The maximum Gasteiger partial charge on any atom is 0.432 e. The van der Waals surface area contributed by atoms with E-state index in [1.807, 2.05) is 0 Å². The van der Waals surface area contributed by atoms with Gasteiger partial charge in [-0.3, -0.25) is 0 Å². The van der Waals surface area contributed by atoms with Crippen molar-refractivity contribution in [3.8, 4) is 5.75 Å². The SMILES string of the molecule is CCOC(=O)C1=Cc2ccccc2OC1(CC)C(F)(F)F. The second kappa shape index (κ2) is 5.42. The summed E-state index contributed by atoms with van der Waals surface area (Å²) in [6.45, 7) is 2.86. The first-order valence-electron chi connectivity index (χ1n) is 6.59. The average Bonchev–Trinajstić information content (AvgIpc) is 2.44. The summed E-state index contributed by atoms with van der Waals surface area (Å²) >= 11 is 0. The molecular weight excluding hydrogens is 285 g/mol. The van der Waals surface area contributed by atoms with E-state index in [1.165, 1.54) is 26.0 Å². The third-order valence-corrected chi connectivity index (χ3v) is 3.39. The summed E-state index contributed by atoms with van der Waals surface area (Å²) in [4.78, 5) is 12.0. The Labute approximate surface area is 120 Å². The number of ether oxygens (including phenoxy) is 2. The van der Waals surface area contributed by atoms with Crippen LogP contribution in [0.15, 0.2) is 29.8 Å². The van der Waals surface area contributed by atoms with Gasteiger partial charge in [0.2, 0.25) is 5.60 Å². The van der Waals surface area contributed by atoms with Gasteiger partial charge in [-0.25, -0.2) is 4.79 Å². The molecule has 1 aliphatic heterocycles. The van der Waals surface area contributed by atoms with Gasteiger partial charge in [-0.15, -0.1) is 0 Å². The number of fused-ring (bicyclic) bond motifs is 1. The van der Waals surface area contributed by atoms with Crippen LogP contribution in [-0.2, 0) is 9.53 Å². The minimum absolute atomic E-state index is 0.00449. The van der Waals surface area contributed by atoms with Crippen LogP contribution >= 0.6 is 0 Å². The molecule has 0 amide bonds. The molecule has 0 bridgehead atoms. The van der Waals surface area contributed by atoms with Crippen molar-refractivity contribution in [3.63, 3.8) is 0 Å². The molecule has 0 fully saturated rings. The van der Waals surface area contributed by atoms with Crippen molar-refractivity contribution in [1.82, 2.24) is 0 Å². The molecule has 1 aromatic rings. The first-order valence-corrected chi connectivity index (χ1v) is 6.59. The number of hydrogen-bond donors (Lipinski definition) is 0. The van der Waals surface area contributed by atoms with E-state index in [2.05, 4.69) is 0 Å². The summed E-state index contributed by atoms with van der Waals surface area (Å²) in [7, 11) is 0. The van der Waals surface area contributed by atoms with Crippen LogP contribution in [-0.4, -0.2) is 24.4 Å². The fourth-order valence-electron chi connectivity index (χ4n) is 2.31. The van der Waals surface area contributed by atoms with Crippen LogP contribution in [0.1, 0.15) is 25.8 Å². The van der Waals surface area contributed by atoms with Gasteiger partial charge < -0.3 is 9.47 Å². The Morgan fingerprint density at radius 1 is 1.29 bits per heavy atom. The Morgan fingerprint density at radius 2 is 1.95 bits per heavy atom. The van der Waals surface area contributed by atoms with Crippen LogP contribution in [0.4, 0.5) is 13.2 Å². The second-order valence-corrected chi connectivity index (χ2v) is 4.60. The largest absolute Gasteiger partial charge is 0.472 e. The van der Waals surface area contributed by atoms with E-state index in [1.54, 1.807) is 18.2 Å². The van der Waals surface area contributed by atoms with Gasteiger partial charge in [-0.1, -0.05) is 25.1 Å². The van der Waals surface area contributed by atoms with Crippen LogP contribution in [0.3, 0.4) is 0 Å². The Hall–Kier alpha value is -1.98. The van der Waals surface area contributed by atoms with Gasteiger partial charge in [0, 0.05) is 5.56 Å². The third-order valence-electron chi connectivity index (χ3n) is 3.39. The molecule has 0 aliphatic carbocycles. The highest BCUT2D eigenvalue weighted by Gasteiger charge is 2.62. The molecule has 6 heteroatoms. The van der Waals surface area contributed by atoms with E-state index in [0.29, 0.717) is 5.56 Å². The van der Waals surface area contributed by atoms with Crippen molar-refractivity contribution in [2.45, 2.75) is 32.0 Å². The van der Waals surface area contributed by atoms with E-state index < -0.39 is 29.7 Å². The fourth-order valence-corrected chi connectivity index (χ4v) is 2.31. The summed E-state index contributed by atoms with van der Waals surface area (Å²) in [5.74, 6) is -0.907. The van der Waals surface area contributed by atoms with Crippen LogP contribution in [0.5, 0.6) is 5.75 Å². The molecule has 2 rings (SSSR count). The van der Waals surface area contributed by atoms with E-state index in [9.17, 15) is 18.0 Å². The highest BCUT2D eigenvalue weighted by molar-refractivity contribution is 5.97. The zero-order valence-electron chi connectivity index (χ0n) is 11.7. The smallest absolute Gasteiger partial charge is 0.432 e. The highest BCUT2D eigenvalue weighted by Crippen LogP contribution is 2.47. The predicted octanol–water partition coefficient (Wildman–Crippen LogP) is 3.74. The summed E-state index contributed by atoms with van der Waals surface area (Å²) < 4.78 is 50.7. The van der Waals surface area contributed by atoms with Gasteiger partial charge in [0.15, 0.2) is 0 Å². The van der Waals surface area contributed by atoms with Gasteiger partial charge in [0.25, 0.3) is 0 Å². The van der Waals surface area contributed by atoms with Gasteiger partial charge in [-0.05, 0) is 25.5 Å². The van der Waals surface area contributed by atoms with E-state index >= 15 is 0 Å². The van der Waals surface area contributed by atoms with E-state index in [0.717, 1.165) is 0 Å². The molecule has 0 aromatic heterocycles. The van der Waals surface area contributed by atoms with Gasteiger partial charge in [0.05, 0.1) is 12.2 Å². The number of esters is 1. The predicted molar refractivity (Wildman–Crippen MR) is 70.8 cm³/mol. The quantitative estimate of drug-likeness (QED) is 0.798. The Balaban J connectivity index is 2.62. The lowest BCUT2D eigenvalue weighted by Gasteiger charge is -2.39. The molecule has 3 nitrogen and oxygen atoms in total. The summed E-state index contributed by atoms with van der Waals surface area (Å²) in [6.07, 6.45) is -3.95. The lowest BCUT2D eigenvalue weighted by Crippen LogP contribution is -2.54. The molecule has 0 spiro atoms. The lowest BCUT2D eigenvalue weighted by atomic mass is 9.85. The van der Waals surface area contributed by atoms with Gasteiger partial charge in [0.1, 0.15) is 5.75 Å². The number of carbonyl (C=O) groups excluding carboxylic acids is 1. The van der Waals surface area contributed by atoms with Gasteiger partial charge in [-0.2, -0.15) is 13.2 Å². The molecule has 0 radical (unpaired) electrons. The van der Waals surface area contributed by atoms with Crippen molar-refractivity contribution in [3.05, 3.63) is 35.4 Å². The zero-order chi connectivity index (χ0) is 15.7. The summed E-state index contributed by atoms with van der Waals surface area (Å²) in [5.41, 5.74) is -2.76. The second-order valence-electron chi connectivity index (χ2n) is 4.60. The number of para-hydroxylation sites is 1. The lowest BCUT2D eigenvalue weighted by molar-refractivity contribution is -0.236. The van der Waals surface area contributed by atoms with Crippen molar-refractivity contribution in [2.24, 2.45) is 0 Å². The van der Waals surface area contributed by atoms with E-state index in [-0.39, 0.29) is 12.4 Å². The third kappa shape index (κ3) is 2.50. The number of rotatable bonds is 3. The highest BCUT2D eigenvalue weighted by atomic mass is 19.4. The molecule has 0 saturated carbocycles. The minimum Gasteiger partial charge on any atom is -0.472 e. The molecule has 1 aromatic carbocycles. The zero-order valence-corrected chi connectivity index (χ0v) is 11.7. The van der Waals surface area contributed by atoms with Crippen molar-refractivity contribution < 1.29 is 27.4 Å². The molecule has 1 aliphatic rings. The number of benzene rings is 1. The van der Waals surface area contributed by atoms with Gasteiger partial charge >= 0.3 is 12.1 Å². The van der Waals surface area contributed by atoms with Crippen LogP contribution in [0, 0.1) is 0 Å². The number of alkyl halides is 3. The van der Waals surface area contributed by atoms with Crippen molar-refractivity contribution >= 4 is 12.0 Å². The first-order chi connectivity index (χ1) is 9.85. The summed E-state index contributed by atoms with van der Waals surface area (Å²) in [5, 5.41) is 0. The van der Waals surface area contributed by atoms with Crippen molar-refractivity contribution in [2.75, 3.05) is 6.61 Å². The maximum atomic E-state index is 13.6. The monoisotopic (exact) mass is 300 g/mol. The molecule has 114 valence electrons. The summed E-state index contributed by atoms with van der Waals surface area (Å²) in [6, 6.07) is 6.28. The normalized spacial score (nSPS) is 21.1. The average molecular weight is 300 g/mol. The molecule has 0 N–H and O–H groups in total. The van der Waals surface area contributed by atoms with Crippen molar-refractivity contribution in [1.29, 1.82) is 0 Å². The maximum absolute atomic E-state index is 13.6. The number of carbonyl (C=O) groups is 1. The van der Waals surface area contributed by atoms with Crippen LogP contribution in [0.25, 0.3) is 6.08 Å². The molecule has 1 heterocycles. The first kappa shape index (κ1) is 15.4. The molecule has 21 heavy (non-hydrogen) atoms. The molecule has 1 unspecified atom stereocenters. The van der Waals surface area contributed by atoms with Crippen LogP contribution < -0.4 is 4.74 Å². The Morgan fingerprint density at radius 3 is 2.52 bits per heavy atom. The fraction of sp³-hybridized carbons (Fsp3) is 0.400. The minimum atomic E-state index is -4.73. The molecule has 1 atom stereocenters. The molecule has 0 saturated heterocycles. The number of halogens is 3. The molecular formula is C15H15F3O3.